The fourth-order valence-electron chi connectivity index (χ4n) is 6.52. The zero-order valence-electron chi connectivity index (χ0n) is 25.6. The van der Waals surface area contributed by atoms with Gasteiger partial charge in [-0.15, -0.1) is 0 Å². The van der Waals surface area contributed by atoms with Gasteiger partial charge in [0.15, 0.2) is 0 Å². The van der Waals surface area contributed by atoms with Crippen LogP contribution in [0.2, 0.25) is 0 Å². The smallest absolute Gasteiger partial charge is 0.120 e. The van der Waals surface area contributed by atoms with Crippen LogP contribution in [0.25, 0.3) is 27.1 Å². The number of methoxy groups -OCH3 is 2. The molecule has 0 amide bonds. The minimum absolute atomic E-state index is 0.485. The van der Waals surface area contributed by atoms with E-state index in [1.807, 2.05) is 24.3 Å². The third-order valence-electron chi connectivity index (χ3n) is 8.59. The van der Waals surface area contributed by atoms with Crippen molar-refractivity contribution in [1.82, 2.24) is 0 Å². The molecule has 0 heterocycles. The van der Waals surface area contributed by atoms with E-state index in [1.165, 1.54) is 44.2 Å². The maximum Gasteiger partial charge on any atom is 0.120 e. The zero-order chi connectivity index (χ0) is 30.5. The molecule has 5 aromatic rings. The summed E-state index contributed by atoms with van der Waals surface area (Å²) >= 11 is 0. The van der Waals surface area contributed by atoms with Gasteiger partial charge in [-0.05, 0) is 98.3 Å². The molecule has 0 fully saturated rings. The minimum atomic E-state index is -0.485. The molecule has 6 rings (SSSR count). The van der Waals surface area contributed by atoms with Crippen molar-refractivity contribution in [3.05, 3.63) is 150 Å². The molecule has 0 aromatic heterocycles. The highest BCUT2D eigenvalue weighted by molar-refractivity contribution is 5.93. The molecule has 1 aliphatic carbocycles. The normalized spacial score (nSPS) is 14.0. The second-order valence-corrected chi connectivity index (χ2v) is 11.1. The Morgan fingerprint density at radius 2 is 1.16 bits per heavy atom. The van der Waals surface area contributed by atoms with Gasteiger partial charge in [0.25, 0.3) is 0 Å². The van der Waals surface area contributed by atoms with Gasteiger partial charge in [-0.1, -0.05) is 85.5 Å². The lowest BCUT2D eigenvalue weighted by Gasteiger charge is -2.35. The van der Waals surface area contributed by atoms with Gasteiger partial charge in [0.2, 0.25) is 0 Å². The van der Waals surface area contributed by atoms with Crippen LogP contribution in [0.15, 0.2) is 127 Å². The largest absolute Gasteiger partial charge is 0.491 e. The number of rotatable bonds is 12. The van der Waals surface area contributed by atoms with Crippen LogP contribution < -0.4 is 9.47 Å². The van der Waals surface area contributed by atoms with Crippen LogP contribution in [0, 0.1) is 0 Å². The molecule has 0 spiro atoms. The highest BCUT2D eigenvalue weighted by Gasteiger charge is 2.45. The highest BCUT2D eigenvalue weighted by Crippen LogP contribution is 2.55. The van der Waals surface area contributed by atoms with Crippen molar-refractivity contribution in [2.75, 3.05) is 40.6 Å². The van der Waals surface area contributed by atoms with Gasteiger partial charge in [0.1, 0.15) is 24.7 Å². The molecule has 0 unspecified atom stereocenters. The van der Waals surface area contributed by atoms with Crippen LogP contribution in [-0.2, 0) is 14.9 Å². The molecular formula is C40H38O4. The molecule has 0 saturated carbocycles. The third-order valence-corrected chi connectivity index (χ3v) is 8.59. The molecule has 44 heavy (non-hydrogen) atoms. The maximum absolute atomic E-state index is 5.90. The quantitative estimate of drug-likeness (QED) is 0.109. The molecule has 0 bridgehead atoms. The van der Waals surface area contributed by atoms with Gasteiger partial charge in [-0.25, -0.2) is 0 Å². The molecule has 0 atom stereocenters. The van der Waals surface area contributed by atoms with Crippen LogP contribution in [0.4, 0.5) is 0 Å². The van der Waals surface area contributed by atoms with Crippen LogP contribution in [0.3, 0.4) is 0 Å². The van der Waals surface area contributed by atoms with Crippen molar-refractivity contribution in [2.45, 2.75) is 12.3 Å². The van der Waals surface area contributed by atoms with Gasteiger partial charge in [-0.3, -0.25) is 0 Å². The number of allylic oxidation sites excluding steroid dienone is 5. The monoisotopic (exact) mass is 582 g/mol. The average Bonchev–Trinajstić information content (AvgIpc) is 3.31. The first-order valence-corrected chi connectivity index (χ1v) is 15.0. The number of ether oxygens (including phenoxy) is 4. The predicted octanol–water partition coefficient (Wildman–Crippen LogP) is 8.91. The van der Waals surface area contributed by atoms with Crippen molar-refractivity contribution in [3.8, 4) is 11.5 Å². The fourth-order valence-corrected chi connectivity index (χ4v) is 6.52. The van der Waals surface area contributed by atoms with E-state index in [0.717, 1.165) is 22.3 Å². The van der Waals surface area contributed by atoms with E-state index in [0.29, 0.717) is 26.4 Å². The highest BCUT2D eigenvalue weighted by atomic mass is 16.5. The second kappa shape index (κ2) is 12.9. The summed E-state index contributed by atoms with van der Waals surface area (Å²) in [4.78, 5) is 0. The van der Waals surface area contributed by atoms with Crippen LogP contribution in [-0.4, -0.2) is 40.6 Å². The third kappa shape index (κ3) is 5.32. The summed E-state index contributed by atoms with van der Waals surface area (Å²) in [6, 6.07) is 35.0. The van der Waals surface area contributed by atoms with Crippen molar-refractivity contribution in [3.63, 3.8) is 0 Å². The van der Waals surface area contributed by atoms with Gasteiger partial charge in [-0.2, -0.15) is 0 Å². The van der Waals surface area contributed by atoms with Crippen LogP contribution in [0.5, 0.6) is 11.5 Å². The Balaban J connectivity index is 1.54. The standard InChI is InChI=1S/C40H38O4/c1-5-6-9-37-28(2)40(39-11-8-7-10-38(37)39,33-16-12-31-26-35(43-22-20-41-3)18-14-29(31)24-33)34-17-13-32-27-36(44-23-21-42-4)19-15-30(32)25-34/h5-19,24-27H,1,20-23H2,2-4H3/b9-6-. The van der Waals surface area contributed by atoms with E-state index in [2.05, 4.69) is 105 Å². The van der Waals surface area contributed by atoms with E-state index in [4.69, 9.17) is 18.9 Å². The van der Waals surface area contributed by atoms with E-state index >= 15 is 0 Å². The van der Waals surface area contributed by atoms with Gasteiger partial charge in [0, 0.05) is 14.2 Å². The zero-order valence-corrected chi connectivity index (χ0v) is 25.6. The molecule has 0 radical (unpaired) electrons. The minimum Gasteiger partial charge on any atom is -0.491 e. The van der Waals surface area contributed by atoms with Crippen molar-refractivity contribution >= 4 is 27.1 Å². The summed E-state index contributed by atoms with van der Waals surface area (Å²) in [7, 11) is 3.37. The SMILES string of the molecule is C=C/C=C\C1=C(C)C(c2ccc3cc(OCCOC)ccc3c2)(c2ccc3cc(OCCOC)ccc3c2)c2ccccc21. The Kier molecular flexibility index (Phi) is 8.65. The molecule has 4 heteroatoms. The molecule has 0 aliphatic heterocycles. The van der Waals surface area contributed by atoms with Crippen LogP contribution >= 0.6 is 0 Å². The Labute approximate surface area is 259 Å². The topological polar surface area (TPSA) is 36.9 Å². The summed E-state index contributed by atoms with van der Waals surface area (Å²) in [6.45, 7) is 8.37. The first kappa shape index (κ1) is 29.4. The average molecular weight is 583 g/mol. The first-order valence-electron chi connectivity index (χ1n) is 15.0. The first-order chi connectivity index (χ1) is 21.6. The van der Waals surface area contributed by atoms with Gasteiger partial charge in [0.05, 0.1) is 18.6 Å². The maximum atomic E-state index is 5.90. The lowest BCUT2D eigenvalue weighted by molar-refractivity contribution is 0.146. The summed E-state index contributed by atoms with van der Waals surface area (Å²) in [5, 5.41) is 4.61. The van der Waals surface area contributed by atoms with E-state index in [9.17, 15) is 0 Å². The summed E-state index contributed by atoms with van der Waals surface area (Å²) in [5.74, 6) is 1.69. The van der Waals surface area contributed by atoms with Crippen molar-refractivity contribution in [2.24, 2.45) is 0 Å². The van der Waals surface area contributed by atoms with Gasteiger partial charge >= 0.3 is 0 Å². The Morgan fingerprint density at radius 3 is 1.70 bits per heavy atom. The number of hydrogen-bond acceptors (Lipinski definition) is 4. The lowest BCUT2D eigenvalue weighted by atomic mass is 9.66. The fraction of sp³-hybridized carbons (Fsp3) is 0.200. The van der Waals surface area contributed by atoms with E-state index < -0.39 is 5.41 Å². The Hall–Kier alpha value is -4.64. The molecular weight excluding hydrogens is 544 g/mol. The van der Waals surface area contributed by atoms with Gasteiger partial charge < -0.3 is 18.9 Å². The van der Waals surface area contributed by atoms with Crippen molar-refractivity contribution < 1.29 is 18.9 Å². The van der Waals surface area contributed by atoms with Crippen molar-refractivity contribution in [1.29, 1.82) is 0 Å². The molecule has 5 aromatic carbocycles. The lowest BCUT2D eigenvalue weighted by Crippen LogP contribution is -2.29. The van der Waals surface area contributed by atoms with E-state index in [-0.39, 0.29) is 0 Å². The molecule has 0 N–H and O–H groups in total. The van der Waals surface area contributed by atoms with Crippen LogP contribution in [0.1, 0.15) is 29.2 Å². The Morgan fingerprint density at radius 1 is 0.636 bits per heavy atom. The second-order valence-electron chi connectivity index (χ2n) is 11.1. The summed E-state index contributed by atoms with van der Waals surface area (Å²) in [5.41, 5.74) is 7.00. The Bertz CT molecular complexity index is 1790. The number of benzene rings is 5. The predicted molar refractivity (Wildman–Crippen MR) is 181 cm³/mol. The molecule has 1 aliphatic rings. The molecule has 0 saturated heterocycles. The summed E-state index contributed by atoms with van der Waals surface area (Å²) < 4.78 is 22.1. The number of hydrogen-bond donors (Lipinski definition) is 0. The summed E-state index contributed by atoms with van der Waals surface area (Å²) in [6.07, 6.45) is 6.06. The van der Waals surface area contributed by atoms with E-state index in [1.54, 1.807) is 14.2 Å². The molecule has 222 valence electrons. The molecule has 4 nitrogen and oxygen atoms in total. The number of fused-ring (bicyclic) bond motifs is 3.